The van der Waals surface area contributed by atoms with Gasteiger partial charge in [-0.05, 0) is 105 Å². The fourth-order valence-corrected chi connectivity index (χ4v) is 63.9. The Morgan fingerprint density at radius 2 is 0.471 bits per heavy atom. The Balaban J connectivity index is 2.53. The molecule has 0 aromatic rings. The van der Waals surface area contributed by atoms with E-state index in [0.29, 0.717) is 0 Å². The molecule has 4 fully saturated rings. The summed E-state index contributed by atoms with van der Waals surface area (Å²) in [6.45, 7) is 15.0. The second kappa shape index (κ2) is 32.2. The standard InChI is InChI=1S/C33H89O36Si16/c1-71(2,42-25-17-34)50-33-51-79(54-72(3,4)43-26-18-35)61-82(57-75(9,10)46-29-21-38)62-80(52-33,55-73(5,6)44-27-19-36)64-84(59-77(13,14)48-31-23-40)66-81(53-70,56-74(7,8)45-28-20-37)65-83(63-79,58-76(11,12)47-30-22-39)68-85(67-82,69-84)60-78(15,16)49-32-24-41/h33-41H,17-32H2,1-16H3. The van der Waals surface area contributed by atoms with Gasteiger partial charge in [0, 0.05) is 0 Å². The average Bonchev–Trinajstić information content (AvgIpc) is 0.796. The van der Waals surface area contributed by atoms with Crippen LogP contribution in [0, 0.1) is 0 Å². The third-order valence-electron chi connectivity index (χ3n) is 10.2. The molecule has 4 aliphatic rings. The van der Waals surface area contributed by atoms with Gasteiger partial charge < -0.3 is 159 Å². The Morgan fingerprint density at radius 3 is 0.694 bits per heavy atom. The number of fused-ring (bicyclic) bond motifs is 4. The molecule has 0 aromatic carbocycles. The molecule has 8 N–H and O–H groups in total. The molecule has 4 atom stereocenters. The molecule has 3 radical (unpaired) electrons. The fourth-order valence-electron chi connectivity index (χ4n) is 7.49. The van der Waals surface area contributed by atoms with Gasteiger partial charge in [0.2, 0.25) is 10.5 Å². The zero-order valence-electron chi connectivity index (χ0n) is 50.9. The minimum Gasteiger partial charge on any atom is -0.395 e. The summed E-state index contributed by atoms with van der Waals surface area (Å²) in [6.07, 6.45) is 0. The molecule has 0 aliphatic carbocycles. The van der Waals surface area contributed by atoms with Crippen LogP contribution in [-0.2, 0) is 119 Å². The molecule has 52 heteroatoms. The summed E-state index contributed by atoms with van der Waals surface area (Å²) < 4.78 is 191. The van der Waals surface area contributed by atoms with Gasteiger partial charge in [0.15, 0.2) is 0 Å². The van der Waals surface area contributed by atoms with Crippen LogP contribution in [0.5, 0.6) is 0 Å². The van der Waals surface area contributed by atoms with Crippen LogP contribution in [0.3, 0.4) is 0 Å². The first-order valence-electron chi connectivity index (χ1n) is 26.7. The maximum Gasteiger partial charge on any atom is 0.662 e. The molecule has 4 unspecified atom stereocenters. The summed E-state index contributed by atoms with van der Waals surface area (Å²) in [6, 6.07) is 0. The van der Waals surface area contributed by atoms with Gasteiger partial charge in [-0.3, -0.25) is 0 Å². The highest BCUT2D eigenvalue weighted by atomic mass is 28.7. The molecule has 0 amide bonds. The lowest BCUT2D eigenvalue weighted by molar-refractivity contribution is -0.240. The third kappa shape index (κ3) is 25.0. The van der Waals surface area contributed by atoms with E-state index < -0.39 is 191 Å². The van der Waals surface area contributed by atoms with Crippen molar-refractivity contribution in [2.75, 3.05) is 106 Å². The fraction of sp³-hybridized carbons (Fsp3) is 1.00. The van der Waals surface area contributed by atoms with Crippen LogP contribution in [-0.4, -0.2) is 295 Å². The summed E-state index contributed by atoms with van der Waals surface area (Å²) >= 11 is 0. The predicted molar refractivity (Wildman–Crippen MR) is 316 cm³/mol. The van der Waals surface area contributed by atoms with Gasteiger partial charge in [-0.25, -0.2) is 0 Å². The second-order valence-electron chi connectivity index (χ2n) is 21.7. The highest BCUT2D eigenvalue weighted by Gasteiger charge is 2.89. The van der Waals surface area contributed by atoms with Crippen LogP contribution >= 0.6 is 0 Å². The van der Waals surface area contributed by atoms with Crippen molar-refractivity contribution >= 4 is 142 Å². The van der Waals surface area contributed by atoms with Gasteiger partial charge in [0.05, 0.1) is 106 Å². The van der Waals surface area contributed by atoms with Crippen LogP contribution in [0.4, 0.5) is 0 Å². The first kappa shape index (κ1) is 79.5. The number of hydrogen-bond donors (Lipinski definition) is 8. The summed E-state index contributed by atoms with van der Waals surface area (Å²) in [5, 5.41) is 81.2. The quantitative estimate of drug-likeness (QED) is 0.0293. The molecule has 0 saturated carbocycles. The van der Waals surface area contributed by atoms with Crippen molar-refractivity contribution in [3.8, 4) is 0 Å². The Morgan fingerprint density at radius 1 is 0.282 bits per heavy atom. The SMILES string of the molecule is C[Si](C)(OCCO)OC1O[Si]2(O[Si](C)(C)OCCO)O[Si]3(O[Si](C)(C)OCCO)O[Si](O[Si])(O[Si](C)(C)OCCO)O[Si]4(O[Si](C)(C)OCCO)O[Si](O[Si](C)(C)OCCO)(O1)O[Si](O[Si](C)(C)OCCO)(O2)O[Si](O[Si](C)(C)OCCO)(O3)O4. The largest absolute Gasteiger partial charge is 0.662 e. The van der Waals surface area contributed by atoms with Gasteiger partial charge in [-0.1, -0.05) is 0 Å². The number of rotatable bonds is 41. The molecule has 85 heavy (non-hydrogen) atoms. The van der Waals surface area contributed by atoms with Crippen molar-refractivity contribution in [2.24, 2.45) is 0 Å². The third-order valence-corrected chi connectivity index (χ3v) is 58.8. The van der Waals surface area contributed by atoms with Gasteiger partial charge in [-0.2, -0.15) is 0 Å². The molecule has 36 nitrogen and oxygen atoms in total. The zero-order chi connectivity index (χ0) is 64.2. The van der Waals surface area contributed by atoms with Crippen LogP contribution in [0.2, 0.25) is 105 Å². The summed E-state index contributed by atoms with van der Waals surface area (Å²) in [5.41, 5.74) is 0. The molecule has 4 rings (SSSR count). The molecular weight excluding hydrogens is 1420 g/mol. The van der Waals surface area contributed by atoms with Gasteiger partial charge in [0.25, 0.3) is 6.48 Å². The lowest BCUT2D eigenvalue weighted by atomic mass is 10.8. The molecule has 4 aliphatic heterocycles. The zero-order valence-corrected chi connectivity index (χ0v) is 66.9. The normalized spacial score (nSPS) is 30.2. The highest BCUT2D eigenvalue weighted by Crippen LogP contribution is 2.50. The molecule has 501 valence electrons. The van der Waals surface area contributed by atoms with Crippen molar-refractivity contribution in [1.82, 2.24) is 0 Å². The van der Waals surface area contributed by atoms with E-state index in [0.717, 1.165) is 0 Å². The van der Waals surface area contributed by atoms with Crippen LogP contribution in [0.1, 0.15) is 0 Å². The molecule has 4 heterocycles. The first-order chi connectivity index (χ1) is 39.1. The Bertz CT molecular complexity index is 1950. The number of aliphatic hydroxyl groups excluding tert-OH is 8. The summed E-state index contributed by atoms with van der Waals surface area (Å²) in [5.74, 6) is 0. The van der Waals surface area contributed by atoms with E-state index in [1.54, 1.807) is 13.1 Å². The molecule has 0 aromatic heterocycles. The van der Waals surface area contributed by atoms with E-state index in [1.807, 2.05) is 0 Å². The van der Waals surface area contributed by atoms with E-state index in [4.69, 9.17) is 119 Å². The Kier molecular flexibility index (Phi) is 30.1. The van der Waals surface area contributed by atoms with Crippen molar-refractivity contribution < 1.29 is 159 Å². The number of aliphatic hydroxyl groups is 8. The first-order valence-corrected chi connectivity index (χ1v) is 61.1. The van der Waals surface area contributed by atoms with Crippen molar-refractivity contribution in [1.29, 1.82) is 0 Å². The minimum absolute atomic E-state index is 0.271. The average molecular weight is 1510 g/mol. The van der Waals surface area contributed by atoms with Crippen molar-refractivity contribution in [3.05, 3.63) is 0 Å². The van der Waals surface area contributed by atoms with Gasteiger partial charge in [-0.15, -0.1) is 0 Å². The van der Waals surface area contributed by atoms with E-state index in [2.05, 4.69) is 10.5 Å². The second-order valence-corrected chi connectivity index (χ2v) is 67.9. The van der Waals surface area contributed by atoms with Crippen LogP contribution in [0.15, 0.2) is 0 Å². The highest BCUT2D eigenvalue weighted by molar-refractivity contribution is 6.99. The Labute approximate surface area is 515 Å². The lowest BCUT2D eigenvalue weighted by Crippen LogP contribution is -2.89. The molecule has 6 bridgehead atoms. The molecule has 4 saturated heterocycles. The summed E-state index contributed by atoms with van der Waals surface area (Å²) in [7, 11) is -70.8. The number of hydrogen-bond acceptors (Lipinski definition) is 36. The maximum atomic E-state index is 10.2. The van der Waals surface area contributed by atoms with Crippen molar-refractivity contribution in [3.63, 3.8) is 0 Å². The van der Waals surface area contributed by atoms with E-state index in [-0.39, 0.29) is 52.9 Å². The van der Waals surface area contributed by atoms with Crippen molar-refractivity contribution in [2.45, 2.75) is 111 Å². The van der Waals surface area contributed by atoms with Gasteiger partial charge in [0.1, 0.15) is 0 Å². The summed E-state index contributed by atoms with van der Waals surface area (Å²) in [4.78, 5) is 0. The molecule has 0 spiro atoms. The Hall–Kier alpha value is 2.03. The van der Waals surface area contributed by atoms with E-state index in [1.165, 1.54) is 91.7 Å². The minimum atomic E-state index is -6.08. The lowest BCUT2D eigenvalue weighted by Gasteiger charge is -2.57. The topological polar surface area (TPSA) is 420 Å². The maximum absolute atomic E-state index is 10.2. The van der Waals surface area contributed by atoms with E-state index in [9.17, 15) is 40.9 Å². The van der Waals surface area contributed by atoms with E-state index >= 15 is 0 Å². The predicted octanol–water partition coefficient (Wildman–Crippen LogP) is -2.53. The molecular formula is C33H89O36Si16. The van der Waals surface area contributed by atoms with Crippen LogP contribution < -0.4 is 0 Å². The van der Waals surface area contributed by atoms with Crippen LogP contribution in [0.25, 0.3) is 0 Å². The smallest absolute Gasteiger partial charge is 0.395 e. The van der Waals surface area contributed by atoms with Gasteiger partial charge >= 0.3 is 132 Å². The monoisotopic (exact) mass is 1510 g/mol.